The van der Waals surface area contributed by atoms with E-state index in [1.165, 1.54) is 6.07 Å². The smallest absolute Gasteiger partial charge is 0.292 e. The summed E-state index contributed by atoms with van der Waals surface area (Å²) in [6.45, 7) is 8.16. The summed E-state index contributed by atoms with van der Waals surface area (Å²) in [6, 6.07) is 6.45. The van der Waals surface area contributed by atoms with E-state index in [-0.39, 0.29) is 23.7 Å². The summed E-state index contributed by atoms with van der Waals surface area (Å²) >= 11 is 0. The van der Waals surface area contributed by atoms with Crippen LogP contribution in [0.3, 0.4) is 0 Å². The molecule has 1 aromatic carbocycles. The van der Waals surface area contributed by atoms with Gasteiger partial charge in [-0.05, 0) is 33.8 Å². The molecular weight excluding hydrogens is 258 g/mol. The number of nitro groups is 1. The molecule has 1 amide bonds. The van der Waals surface area contributed by atoms with Gasteiger partial charge in [-0.25, -0.2) is 0 Å². The molecule has 110 valence electrons. The van der Waals surface area contributed by atoms with Crippen LogP contribution in [0.15, 0.2) is 24.3 Å². The van der Waals surface area contributed by atoms with E-state index in [0.717, 1.165) is 0 Å². The van der Waals surface area contributed by atoms with Gasteiger partial charge in [-0.1, -0.05) is 12.1 Å². The third kappa shape index (κ3) is 4.53. The van der Waals surface area contributed by atoms with Gasteiger partial charge in [0.15, 0.2) is 0 Å². The number of rotatable bonds is 5. The highest BCUT2D eigenvalue weighted by Crippen LogP contribution is 2.27. The van der Waals surface area contributed by atoms with Gasteiger partial charge in [0.25, 0.3) is 5.69 Å². The molecule has 6 heteroatoms. The normalized spacial score (nSPS) is 11.0. The second kappa shape index (κ2) is 6.36. The van der Waals surface area contributed by atoms with Crippen LogP contribution < -0.4 is 10.2 Å². The van der Waals surface area contributed by atoms with Crippen molar-refractivity contribution in [1.82, 2.24) is 5.32 Å². The lowest BCUT2D eigenvalue weighted by Crippen LogP contribution is -2.46. The van der Waals surface area contributed by atoms with Crippen LogP contribution >= 0.6 is 0 Å². The number of carbonyl (C=O) groups excluding carboxylic acids is 1. The lowest BCUT2D eigenvalue weighted by molar-refractivity contribution is -0.384. The zero-order valence-electron chi connectivity index (χ0n) is 12.3. The zero-order chi connectivity index (χ0) is 15.3. The number of likely N-dealkylation sites (N-methyl/N-ethyl adjacent to an activating group) is 1. The number of amides is 1. The molecule has 6 nitrogen and oxygen atoms in total. The number of para-hydroxylation sites is 2. The Morgan fingerprint density at radius 2 is 1.95 bits per heavy atom. The Labute approximate surface area is 118 Å². The first-order valence-electron chi connectivity index (χ1n) is 6.54. The first-order valence-corrected chi connectivity index (χ1v) is 6.54. The molecule has 1 rings (SSSR count). The molecule has 0 aliphatic carbocycles. The fourth-order valence-electron chi connectivity index (χ4n) is 1.88. The Bertz CT molecular complexity index is 495. The molecule has 0 aliphatic rings. The molecule has 0 unspecified atom stereocenters. The molecule has 0 radical (unpaired) electrons. The molecular formula is C14H21N3O3. The fraction of sp³-hybridized carbons (Fsp3) is 0.500. The minimum Gasteiger partial charge on any atom is -0.357 e. The largest absolute Gasteiger partial charge is 0.357 e. The van der Waals surface area contributed by atoms with Crippen LogP contribution in [0.25, 0.3) is 0 Å². The monoisotopic (exact) mass is 279 g/mol. The van der Waals surface area contributed by atoms with Crippen molar-refractivity contribution in [2.75, 3.05) is 18.0 Å². The van der Waals surface area contributed by atoms with Crippen LogP contribution in [0.2, 0.25) is 0 Å². The van der Waals surface area contributed by atoms with Crippen LogP contribution in [-0.2, 0) is 4.79 Å². The standard InChI is InChI=1S/C14H21N3O3/c1-5-16(10-13(18)15-14(2,3)4)11-8-6-7-9-12(11)17(19)20/h6-9H,5,10H2,1-4H3,(H,15,18). The zero-order valence-corrected chi connectivity index (χ0v) is 12.3. The number of hydrogen-bond acceptors (Lipinski definition) is 4. The average Bonchev–Trinajstić information content (AvgIpc) is 2.33. The van der Waals surface area contributed by atoms with Gasteiger partial charge >= 0.3 is 0 Å². The Morgan fingerprint density at radius 1 is 1.35 bits per heavy atom. The predicted molar refractivity (Wildman–Crippen MR) is 78.9 cm³/mol. The quantitative estimate of drug-likeness (QED) is 0.663. The van der Waals surface area contributed by atoms with Crippen LogP contribution in [0.5, 0.6) is 0 Å². The number of hydrogen-bond donors (Lipinski definition) is 1. The highest BCUT2D eigenvalue weighted by molar-refractivity contribution is 5.83. The van der Waals surface area contributed by atoms with E-state index in [0.29, 0.717) is 12.2 Å². The van der Waals surface area contributed by atoms with Crippen molar-refractivity contribution >= 4 is 17.3 Å². The summed E-state index contributed by atoms with van der Waals surface area (Å²) in [6.07, 6.45) is 0. The second-order valence-electron chi connectivity index (χ2n) is 5.56. The Morgan fingerprint density at radius 3 is 2.45 bits per heavy atom. The van der Waals surface area contributed by atoms with E-state index in [4.69, 9.17) is 0 Å². The second-order valence-corrected chi connectivity index (χ2v) is 5.56. The van der Waals surface area contributed by atoms with Crippen molar-refractivity contribution in [3.05, 3.63) is 34.4 Å². The maximum absolute atomic E-state index is 12.0. The third-order valence-corrected chi connectivity index (χ3v) is 2.65. The Hall–Kier alpha value is -2.11. The van der Waals surface area contributed by atoms with Gasteiger partial charge in [0.2, 0.25) is 5.91 Å². The number of anilines is 1. The van der Waals surface area contributed by atoms with E-state index in [1.807, 2.05) is 27.7 Å². The van der Waals surface area contributed by atoms with Gasteiger partial charge in [0.05, 0.1) is 11.5 Å². The van der Waals surface area contributed by atoms with E-state index in [9.17, 15) is 14.9 Å². The van der Waals surface area contributed by atoms with Gasteiger partial charge in [-0.15, -0.1) is 0 Å². The van der Waals surface area contributed by atoms with Gasteiger partial charge in [0.1, 0.15) is 5.69 Å². The summed E-state index contributed by atoms with van der Waals surface area (Å²) < 4.78 is 0. The molecule has 0 fully saturated rings. The van der Waals surface area contributed by atoms with E-state index in [1.54, 1.807) is 23.1 Å². The Balaban J connectivity index is 2.92. The molecule has 0 aliphatic heterocycles. The van der Waals surface area contributed by atoms with Crippen molar-refractivity contribution in [3.8, 4) is 0 Å². The maximum atomic E-state index is 12.0. The number of carbonyl (C=O) groups is 1. The first kappa shape index (κ1) is 15.9. The van der Waals surface area contributed by atoms with Crippen LogP contribution in [-0.4, -0.2) is 29.5 Å². The third-order valence-electron chi connectivity index (χ3n) is 2.65. The van der Waals surface area contributed by atoms with E-state index >= 15 is 0 Å². The summed E-state index contributed by atoms with van der Waals surface area (Å²) in [7, 11) is 0. The SMILES string of the molecule is CCN(CC(=O)NC(C)(C)C)c1ccccc1[N+](=O)[O-]. The van der Waals surface area contributed by atoms with Crippen LogP contribution in [0.1, 0.15) is 27.7 Å². The molecule has 1 aromatic rings. The van der Waals surface area contributed by atoms with Gasteiger partial charge in [-0.2, -0.15) is 0 Å². The topological polar surface area (TPSA) is 75.5 Å². The van der Waals surface area contributed by atoms with E-state index < -0.39 is 4.92 Å². The predicted octanol–water partition coefficient (Wildman–Crippen LogP) is 2.34. The van der Waals surface area contributed by atoms with Crippen LogP contribution in [0, 0.1) is 10.1 Å². The minimum atomic E-state index is -0.431. The molecule has 0 spiro atoms. The van der Waals surface area contributed by atoms with Crippen LogP contribution in [0.4, 0.5) is 11.4 Å². The van der Waals surface area contributed by atoms with Gasteiger partial charge in [-0.3, -0.25) is 14.9 Å². The molecule has 0 aromatic heterocycles. The molecule has 0 bridgehead atoms. The molecule has 0 saturated carbocycles. The lowest BCUT2D eigenvalue weighted by atomic mass is 10.1. The van der Waals surface area contributed by atoms with Crippen molar-refractivity contribution in [3.63, 3.8) is 0 Å². The molecule has 0 atom stereocenters. The van der Waals surface area contributed by atoms with Crippen molar-refractivity contribution in [1.29, 1.82) is 0 Å². The van der Waals surface area contributed by atoms with Gasteiger partial charge < -0.3 is 10.2 Å². The lowest BCUT2D eigenvalue weighted by Gasteiger charge is -2.26. The highest BCUT2D eigenvalue weighted by atomic mass is 16.6. The summed E-state index contributed by atoms with van der Waals surface area (Å²) in [5, 5.41) is 13.9. The van der Waals surface area contributed by atoms with E-state index in [2.05, 4.69) is 5.32 Å². The number of nitro benzene ring substituents is 1. The molecule has 1 N–H and O–H groups in total. The van der Waals surface area contributed by atoms with Crippen molar-refractivity contribution < 1.29 is 9.72 Å². The molecule has 0 saturated heterocycles. The van der Waals surface area contributed by atoms with Crippen molar-refractivity contribution in [2.24, 2.45) is 0 Å². The first-order chi connectivity index (χ1) is 9.24. The Kier molecular flexibility index (Phi) is 5.07. The molecule has 20 heavy (non-hydrogen) atoms. The van der Waals surface area contributed by atoms with Gasteiger partial charge in [0, 0.05) is 18.2 Å². The summed E-state index contributed by atoms with van der Waals surface area (Å²) in [4.78, 5) is 24.3. The summed E-state index contributed by atoms with van der Waals surface area (Å²) in [5.41, 5.74) is 0.154. The number of nitrogens with one attached hydrogen (secondary N) is 1. The minimum absolute atomic E-state index is 0.0120. The molecule has 0 heterocycles. The highest BCUT2D eigenvalue weighted by Gasteiger charge is 2.21. The fourth-order valence-corrected chi connectivity index (χ4v) is 1.88. The summed E-state index contributed by atoms with van der Waals surface area (Å²) in [5.74, 6) is -0.155. The maximum Gasteiger partial charge on any atom is 0.292 e. The van der Waals surface area contributed by atoms with Crippen molar-refractivity contribution in [2.45, 2.75) is 33.2 Å². The number of nitrogens with zero attached hydrogens (tertiary/aromatic N) is 2. The average molecular weight is 279 g/mol. The number of benzene rings is 1.